The van der Waals surface area contributed by atoms with Crippen molar-refractivity contribution in [1.82, 2.24) is 24.8 Å². The van der Waals surface area contributed by atoms with E-state index >= 15 is 0 Å². The standard InChI is InChI=1S/C17H25N5O/c1-21(14-6-3-2-4-7-14)11-10-18-16(23)12-22-13-20-17-15(22)8-5-9-19-17/h5,8-9,13-14H,2-4,6-7,10-12H2,1H3,(H,18,23). The molecule has 1 amide bonds. The molecule has 2 aromatic heterocycles. The summed E-state index contributed by atoms with van der Waals surface area (Å²) in [6.07, 6.45) is 10.0. The second kappa shape index (κ2) is 7.55. The number of nitrogens with one attached hydrogen (secondary N) is 1. The first-order valence-electron chi connectivity index (χ1n) is 8.47. The number of pyridine rings is 1. The molecular formula is C17H25N5O. The number of aromatic nitrogens is 3. The maximum absolute atomic E-state index is 12.1. The quantitative estimate of drug-likeness (QED) is 0.883. The molecule has 2 aromatic rings. The van der Waals surface area contributed by atoms with E-state index in [0.29, 0.717) is 18.2 Å². The maximum Gasteiger partial charge on any atom is 0.240 e. The van der Waals surface area contributed by atoms with E-state index < -0.39 is 0 Å². The third-order valence-corrected chi connectivity index (χ3v) is 4.69. The molecule has 2 heterocycles. The molecule has 0 aromatic carbocycles. The Hall–Kier alpha value is -1.95. The van der Waals surface area contributed by atoms with Crippen LogP contribution in [0.5, 0.6) is 0 Å². The molecule has 6 nitrogen and oxygen atoms in total. The summed E-state index contributed by atoms with van der Waals surface area (Å²) in [5.74, 6) is 0.0187. The van der Waals surface area contributed by atoms with Crippen molar-refractivity contribution >= 4 is 17.1 Å². The average Bonchev–Trinajstić information content (AvgIpc) is 2.99. The molecule has 6 heteroatoms. The van der Waals surface area contributed by atoms with Crippen LogP contribution in [-0.2, 0) is 11.3 Å². The predicted molar refractivity (Wildman–Crippen MR) is 90.0 cm³/mol. The van der Waals surface area contributed by atoms with Crippen LogP contribution in [0.25, 0.3) is 11.2 Å². The van der Waals surface area contributed by atoms with Crippen LogP contribution in [0.15, 0.2) is 24.7 Å². The van der Waals surface area contributed by atoms with Gasteiger partial charge in [-0.05, 0) is 32.0 Å². The summed E-state index contributed by atoms with van der Waals surface area (Å²) >= 11 is 0. The molecule has 3 rings (SSSR count). The maximum atomic E-state index is 12.1. The van der Waals surface area contributed by atoms with E-state index in [1.165, 1.54) is 32.1 Å². The summed E-state index contributed by atoms with van der Waals surface area (Å²) in [7, 11) is 2.16. The van der Waals surface area contributed by atoms with Gasteiger partial charge in [-0.3, -0.25) is 4.79 Å². The molecule has 1 saturated carbocycles. The van der Waals surface area contributed by atoms with Crippen molar-refractivity contribution < 1.29 is 4.79 Å². The Kier molecular flexibility index (Phi) is 5.23. The van der Waals surface area contributed by atoms with E-state index in [2.05, 4.69) is 27.2 Å². The molecule has 0 bridgehead atoms. The van der Waals surface area contributed by atoms with Crippen LogP contribution in [0, 0.1) is 0 Å². The molecule has 124 valence electrons. The number of rotatable bonds is 6. The largest absolute Gasteiger partial charge is 0.353 e. The molecular weight excluding hydrogens is 290 g/mol. The minimum atomic E-state index is 0.0187. The Morgan fingerprint density at radius 1 is 1.35 bits per heavy atom. The molecule has 0 spiro atoms. The van der Waals surface area contributed by atoms with Gasteiger partial charge in [-0.1, -0.05) is 19.3 Å². The van der Waals surface area contributed by atoms with Gasteiger partial charge >= 0.3 is 0 Å². The summed E-state index contributed by atoms with van der Waals surface area (Å²) in [5, 5.41) is 3.01. The summed E-state index contributed by atoms with van der Waals surface area (Å²) in [5.41, 5.74) is 1.57. The van der Waals surface area contributed by atoms with Crippen LogP contribution in [-0.4, -0.2) is 51.5 Å². The second-order valence-electron chi connectivity index (χ2n) is 6.34. The fourth-order valence-electron chi connectivity index (χ4n) is 3.31. The zero-order valence-electron chi connectivity index (χ0n) is 13.7. The number of nitrogens with zero attached hydrogens (tertiary/aromatic N) is 4. The summed E-state index contributed by atoms with van der Waals surface area (Å²) in [6, 6.07) is 4.47. The van der Waals surface area contributed by atoms with E-state index in [4.69, 9.17) is 0 Å². The highest BCUT2D eigenvalue weighted by molar-refractivity contribution is 5.78. The van der Waals surface area contributed by atoms with Gasteiger partial charge in [0, 0.05) is 25.3 Å². The van der Waals surface area contributed by atoms with E-state index in [1.807, 2.05) is 16.7 Å². The van der Waals surface area contributed by atoms with Crippen LogP contribution >= 0.6 is 0 Å². The van der Waals surface area contributed by atoms with Crippen molar-refractivity contribution in [3.8, 4) is 0 Å². The van der Waals surface area contributed by atoms with Crippen molar-refractivity contribution in [2.75, 3.05) is 20.1 Å². The molecule has 0 radical (unpaired) electrons. The van der Waals surface area contributed by atoms with Crippen LogP contribution in [0.1, 0.15) is 32.1 Å². The number of carbonyl (C=O) groups excluding carboxylic acids is 1. The molecule has 0 saturated heterocycles. The summed E-state index contributed by atoms with van der Waals surface area (Å²) < 4.78 is 1.84. The first-order valence-corrected chi connectivity index (χ1v) is 8.47. The number of fused-ring (bicyclic) bond motifs is 1. The lowest BCUT2D eigenvalue weighted by atomic mass is 9.94. The van der Waals surface area contributed by atoms with Crippen LogP contribution < -0.4 is 5.32 Å². The van der Waals surface area contributed by atoms with Gasteiger partial charge in [-0.2, -0.15) is 0 Å². The topological polar surface area (TPSA) is 63.1 Å². The average molecular weight is 315 g/mol. The van der Waals surface area contributed by atoms with Gasteiger partial charge < -0.3 is 14.8 Å². The van der Waals surface area contributed by atoms with Crippen molar-refractivity contribution in [1.29, 1.82) is 0 Å². The Balaban J connectivity index is 1.44. The van der Waals surface area contributed by atoms with Gasteiger partial charge in [0.25, 0.3) is 0 Å². The van der Waals surface area contributed by atoms with Crippen LogP contribution in [0.3, 0.4) is 0 Å². The third-order valence-electron chi connectivity index (χ3n) is 4.69. The molecule has 1 aliphatic carbocycles. The zero-order valence-corrected chi connectivity index (χ0v) is 13.7. The molecule has 0 unspecified atom stereocenters. The Labute approximate surface area is 136 Å². The Morgan fingerprint density at radius 3 is 3.00 bits per heavy atom. The zero-order chi connectivity index (χ0) is 16.1. The lowest BCUT2D eigenvalue weighted by Crippen LogP contribution is -2.40. The number of imidazole rings is 1. The summed E-state index contributed by atoms with van der Waals surface area (Å²) in [4.78, 5) is 22.9. The molecule has 1 N–H and O–H groups in total. The smallest absolute Gasteiger partial charge is 0.240 e. The van der Waals surface area contributed by atoms with Crippen LogP contribution in [0.4, 0.5) is 0 Å². The first kappa shape index (κ1) is 15.9. The number of hydrogen-bond acceptors (Lipinski definition) is 4. The fourth-order valence-corrected chi connectivity index (χ4v) is 3.31. The number of hydrogen-bond donors (Lipinski definition) is 1. The lowest BCUT2D eigenvalue weighted by Gasteiger charge is -2.31. The monoisotopic (exact) mass is 315 g/mol. The Bertz CT molecular complexity index is 647. The van der Waals surface area contributed by atoms with Crippen molar-refractivity contribution in [3.63, 3.8) is 0 Å². The van der Waals surface area contributed by atoms with E-state index in [-0.39, 0.29) is 12.5 Å². The van der Waals surface area contributed by atoms with E-state index in [9.17, 15) is 4.79 Å². The molecule has 0 atom stereocenters. The van der Waals surface area contributed by atoms with E-state index in [0.717, 1.165) is 12.1 Å². The molecule has 1 aliphatic rings. The minimum Gasteiger partial charge on any atom is -0.353 e. The lowest BCUT2D eigenvalue weighted by molar-refractivity contribution is -0.121. The Morgan fingerprint density at radius 2 is 2.17 bits per heavy atom. The normalized spacial score (nSPS) is 16.1. The SMILES string of the molecule is CN(CCNC(=O)Cn1cnc2ncccc21)C1CCCCC1. The first-order chi connectivity index (χ1) is 11.2. The fraction of sp³-hybridized carbons (Fsp3) is 0.588. The molecule has 23 heavy (non-hydrogen) atoms. The highest BCUT2D eigenvalue weighted by Crippen LogP contribution is 2.21. The van der Waals surface area contributed by atoms with Crippen molar-refractivity contribution in [2.24, 2.45) is 0 Å². The summed E-state index contributed by atoms with van der Waals surface area (Å²) in [6.45, 7) is 1.88. The van der Waals surface area contributed by atoms with Gasteiger partial charge in [0.1, 0.15) is 6.54 Å². The van der Waals surface area contributed by atoms with Gasteiger partial charge in [-0.25, -0.2) is 9.97 Å². The van der Waals surface area contributed by atoms with Crippen molar-refractivity contribution in [3.05, 3.63) is 24.7 Å². The highest BCUT2D eigenvalue weighted by Gasteiger charge is 2.17. The molecule has 1 fully saturated rings. The van der Waals surface area contributed by atoms with Gasteiger partial charge in [0.2, 0.25) is 5.91 Å². The van der Waals surface area contributed by atoms with Gasteiger partial charge in [-0.15, -0.1) is 0 Å². The number of likely N-dealkylation sites (N-methyl/N-ethyl adjacent to an activating group) is 1. The van der Waals surface area contributed by atoms with Gasteiger partial charge in [0.15, 0.2) is 5.65 Å². The third kappa shape index (κ3) is 4.07. The van der Waals surface area contributed by atoms with Gasteiger partial charge in [0.05, 0.1) is 11.8 Å². The predicted octanol–water partition coefficient (Wildman–Crippen LogP) is 1.81. The van der Waals surface area contributed by atoms with E-state index in [1.54, 1.807) is 12.5 Å². The van der Waals surface area contributed by atoms with Crippen LogP contribution in [0.2, 0.25) is 0 Å². The minimum absolute atomic E-state index is 0.0187. The second-order valence-corrected chi connectivity index (χ2v) is 6.34. The number of amides is 1. The highest BCUT2D eigenvalue weighted by atomic mass is 16.1. The van der Waals surface area contributed by atoms with Crippen molar-refractivity contribution in [2.45, 2.75) is 44.7 Å². The molecule has 0 aliphatic heterocycles. The number of carbonyl (C=O) groups is 1.